The van der Waals surface area contributed by atoms with Crippen LogP contribution in [0.2, 0.25) is 0 Å². The van der Waals surface area contributed by atoms with Crippen LogP contribution >= 0.6 is 0 Å². The van der Waals surface area contributed by atoms with Crippen LogP contribution in [0.4, 0.5) is 0 Å². The molecule has 0 bridgehead atoms. The fourth-order valence-electron chi connectivity index (χ4n) is 9.43. The molecule has 262 valence electrons. The van der Waals surface area contributed by atoms with Crippen LogP contribution in [0.25, 0.3) is 89.5 Å². The van der Waals surface area contributed by atoms with Gasteiger partial charge in [-0.3, -0.25) is 0 Å². The molecule has 2 aromatic heterocycles. The summed E-state index contributed by atoms with van der Waals surface area (Å²) in [7, 11) is 0. The van der Waals surface area contributed by atoms with Crippen LogP contribution in [-0.2, 0) is 5.41 Å². The summed E-state index contributed by atoms with van der Waals surface area (Å²) in [5, 5.41) is 2.25. The van der Waals surface area contributed by atoms with Gasteiger partial charge in [0.05, 0.1) is 0 Å². The van der Waals surface area contributed by atoms with Gasteiger partial charge in [-0.2, -0.15) is 0 Å². The molecule has 0 aliphatic heterocycles. The quantitative estimate of drug-likeness (QED) is 0.179. The first-order valence-electron chi connectivity index (χ1n) is 19.4. The van der Waals surface area contributed by atoms with Crippen molar-refractivity contribution in [3.8, 4) is 67.5 Å². The van der Waals surface area contributed by atoms with E-state index in [-0.39, 0.29) is 5.41 Å². The predicted octanol–water partition coefficient (Wildman–Crippen LogP) is 13.3. The van der Waals surface area contributed by atoms with Gasteiger partial charge in [0, 0.05) is 32.9 Å². The van der Waals surface area contributed by atoms with Gasteiger partial charge >= 0.3 is 0 Å². The van der Waals surface area contributed by atoms with Crippen molar-refractivity contribution < 1.29 is 4.42 Å². The van der Waals surface area contributed by atoms with Crippen molar-refractivity contribution in [1.29, 1.82) is 0 Å². The van der Waals surface area contributed by atoms with E-state index in [2.05, 4.69) is 146 Å². The maximum atomic E-state index is 6.49. The van der Waals surface area contributed by atoms with E-state index in [1.165, 1.54) is 65.5 Å². The molecule has 1 fully saturated rings. The Bertz CT molecular complexity index is 2900. The maximum Gasteiger partial charge on any atom is 0.164 e. The molecule has 9 aromatic rings. The number of furan rings is 1. The van der Waals surface area contributed by atoms with Gasteiger partial charge < -0.3 is 4.42 Å². The number of nitrogens with zero attached hydrogens (tertiary/aromatic N) is 3. The number of hydrogen-bond donors (Lipinski definition) is 0. The third kappa shape index (κ3) is 5.16. The van der Waals surface area contributed by atoms with Crippen molar-refractivity contribution in [2.45, 2.75) is 37.5 Å². The van der Waals surface area contributed by atoms with Crippen LogP contribution in [0, 0.1) is 0 Å². The topological polar surface area (TPSA) is 51.8 Å². The van der Waals surface area contributed by atoms with Crippen molar-refractivity contribution in [3.05, 3.63) is 175 Å². The Morgan fingerprint density at radius 1 is 0.400 bits per heavy atom. The summed E-state index contributed by atoms with van der Waals surface area (Å²) in [6.45, 7) is 0. The van der Waals surface area contributed by atoms with E-state index in [9.17, 15) is 0 Å². The smallest absolute Gasteiger partial charge is 0.164 e. The highest BCUT2D eigenvalue weighted by Gasteiger charge is 2.44. The molecule has 2 aliphatic carbocycles. The monoisotopic (exact) mass is 707 g/mol. The molecule has 0 amide bonds. The average Bonchev–Trinajstić information content (AvgIpc) is 3.77. The Balaban J connectivity index is 1.05. The first-order valence-corrected chi connectivity index (χ1v) is 19.4. The standard InChI is InChI=1S/C51H37N3O/c1-4-15-33(16-5-1)38-22-14-26-44-47(38)40-28-27-36(32-45(40)55-44)35-19-12-20-37(31-35)49-52-48(34-17-6-2-7-18-34)53-50(54-49)41-23-13-25-43-46(41)39-21-8-9-24-42(39)51(43)29-10-3-11-30-51/h1-2,4-9,12-28,31-32H,3,10-11,29-30H2. The maximum absolute atomic E-state index is 6.49. The Morgan fingerprint density at radius 3 is 1.84 bits per heavy atom. The summed E-state index contributed by atoms with van der Waals surface area (Å²) in [5.41, 5.74) is 14.7. The molecule has 0 N–H and O–H groups in total. The van der Waals surface area contributed by atoms with Gasteiger partial charge in [0.25, 0.3) is 0 Å². The number of rotatable bonds is 5. The average molecular weight is 708 g/mol. The Hall–Kier alpha value is -6.65. The first-order chi connectivity index (χ1) is 27.2. The van der Waals surface area contributed by atoms with Gasteiger partial charge in [-0.15, -0.1) is 0 Å². The number of aromatic nitrogens is 3. The van der Waals surface area contributed by atoms with Crippen molar-refractivity contribution >= 4 is 21.9 Å². The van der Waals surface area contributed by atoms with Gasteiger partial charge in [-0.25, -0.2) is 15.0 Å². The molecule has 0 atom stereocenters. The molecule has 0 unspecified atom stereocenters. The minimum atomic E-state index is 0.0523. The Labute approximate surface area is 320 Å². The highest BCUT2D eigenvalue weighted by atomic mass is 16.3. The molecule has 2 aliphatic rings. The van der Waals surface area contributed by atoms with Crippen LogP contribution in [0.1, 0.15) is 43.2 Å². The molecular weight excluding hydrogens is 671 g/mol. The molecule has 0 radical (unpaired) electrons. The summed E-state index contributed by atoms with van der Waals surface area (Å²) in [6, 6.07) is 58.0. The normalized spacial score (nSPS) is 14.3. The number of fused-ring (bicyclic) bond motifs is 8. The molecule has 11 rings (SSSR count). The Morgan fingerprint density at radius 2 is 1.00 bits per heavy atom. The zero-order valence-corrected chi connectivity index (χ0v) is 30.4. The third-order valence-electron chi connectivity index (χ3n) is 11.9. The first kappa shape index (κ1) is 31.8. The second-order valence-electron chi connectivity index (χ2n) is 15.0. The van der Waals surface area contributed by atoms with E-state index in [1.807, 2.05) is 18.2 Å². The van der Waals surface area contributed by atoms with Crippen LogP contribution < -0.4 is 0 Å². The highest BCUT2D eigenvalue weighted by Crippen LogP contribution is 2.57. The van der Waals surface area contributed by atoms with Crippen LogP contribution in [-0.4, -0.2) is 15.0 Å². The molecule has 2 heterocycles. The lowest BCUT2D eigenvalue weighted by Crippen LogP contribution is -2.27. The summed E-state index contributed by atoms with van der Waals surface area (Å²) >= 11 is 0. The highest BCUT2D eigenvalue weighted by molar-refractivity contribution is 6.13. The fourth-order valence-corrected chi connectivity index (χ4v) is 9.43. The molecule has 4 heteroatoms. The van der Waals surface area contributed by atoms with Gasteiger partial charge in [0.2, 0.25) is 0 Å². The van der Waals surface area contributed by atoms with E-state index >= 15 is 0 Å². The molecule has 1 spiro atoms. The van der Waals surface area contributed by atoms with Gasteiger partial charge in [-0.1, -0.05) is 159 Å². The molecular formula is C51H37N3O. The molecule has 55 heavy (non-hydrogen) atoms. The summed E-state index contributed by atoms with van der Waals surface area (Å²) in [4.78, 5) is 15.6. The fraction of sp³-hybridized carbons (Fsp3) is 0.118. The lowest BCUT2D eigenvalue weighted by atomic mass is 9.68. The zero-order valence-electron chi connectivity index (χ0n) is 30.4. The van der Waals surface area contributed by atoms with Gasteiger partial charge in [0.1, 0.15) is 11.2 Å². The van der Waals surface area contributed by atoms with Gasteiger partial charge in [-0.05, 0) is 81.6 Å². The van der Waals surface area contributed by atoms with Crippen molar-refractivity contribution in [2.24, 2.45) is 0 Å². The minimum Gasteiger partial charge on any atom is -0.456 e. The van der Waals surface area contributed by atoms with E-state index < -0.39 is 0 Å². The zero-order chi connectivity index (χ0) is 36.3. The summed E-state index contributed by atoms with van der Waals surface area (Å²) in [5.74, 6) is 2.02. The van der Waals surface area contributed by atoms with Crippen LogP contribution in [0.5, 0.6) is 0 Å². The minimum absolute atomic E-state index is 0.0523. The van der Waals surface area contributed by atoms with Crippen LogP contribution in [0.15, 0.2) is 168 Å². The summed E-state index contributed by atoms with van der Waals surface area (Å²) < 4.78 is 6.49. The van der Waals surface area contributed by atoms with E-state index in [4.69, 9.17) is 19.4 Å². The molecule has 4 nitrogen and oxygen atoms in total. The van der Waals surface area contributed by atoms with Crippen LogP contribution in [0.3, 0.4) is 0 Å². The number of benzene rings is 7. The van der Waals surface area contributed by atoms with E-state index in [0.29, 0.717) is 17.5 Å². The van der Waals surface area contributed by atoms with Crippen molar-refractivity contribution in [2.75, 3.05) is 0 Å². The van der Waals surface area contributed by atoms with Crippen molar-refractivity contribution in [3.63, 3.8) is 0 Å². The molecule has 1 saturated carbocycles. The molecule has 7 aromatic carbocycles. The summed E-state index contributed by atoms with van der Waals surface area (Å²) in [6.07, 6.45) is 6.16. The second-order valence-corrected chi connectivity index (χ2v) is 15.0. The predicted molar refractivity (Wildman–Crippen MR) is 224 cm³/mol. The lowest BCUT2D eigenvalue weighted by Gasteiger charge is -2.36. The SMILES string of the molecule is c1ccc(-c2nc(-c3cccc(-c4ccc5c(c4)oc4cccc(-c6ccccc6)c45)c3)nc(-c3cccc4c3-c3ccccc3C43CCCCC3)n2)cc1. The molecule has 0 saturated heterocycles. The second kappa shape index (κ2) is 12.7. The largest absolute Gasteiger partial charge is 0.456 e. The van der Waals surface area contributed by atoms with E-state index in [1.54, 1.807) is 0 Å². The van der Waals surface area contributed by atoms with E-state index in [0.717, 1.165) is 49.8 Å². The lowest BCUT2D eigenvalue weighted by molar-refractivity contribution is 0.353. The van der Waals surface area contributed by atoms with Gasteiger partial charge in [0.15, 0.2) is 17.5 Å². The number of hydrogen-bond acceptors (Lipinski definition) is 4. The third-order valence-corrected chi connectivity index (χ3v) is 11.9. The van der Waals surface area contributed by atoms with Crippen molar-refractivity contribution in [1.82, 2.24) is 15.0 Å². The Kier molecular flexibility index (Phi) is 7.38.